The fraction of sp³-hybridized carbons (Fsp3) is 0.235. The van der Waals surface area contributed by atoms with Crippen molar-refractivity contribution in [3.05, 3.63) is 42.5 Å². The van der Waals surface area contributed by atoms with Crippen LogP contribution in [0.5, 0.6) is 5.75 Å². The fourth-order valence-electron chi connectivity index (χ4n) is 2.66. The lowest BCUT2D eigenvalue weighted by atomic mass is 10.1. The summed E-state index contributed by atoms with van der Waals surface area (Å²) in [6.45, 7) is 3.01. The predicted molar refractivity (Wildman–Crippen MR) is 86.9 cm³/mol. The molecule has 0 radical (unpaired) electrons. The van der Waals surface area contributed by atoms with E-state index in [4.69, 9.17) is 9.72 Å². The van der Waals surface area contributed by atoms with Crippen LogP contribution in [0.2, 0.25) is 0 Å². The van der Waals surface area contributed by atoms with Crippen molar-refractivity contribution in [1.29, 1.82) is 0 Å². The maximum atomic E-state index is 5.29. The maximum absolute atomic E-state index is 5.29. The van der Waals surface area contributed by atoms with Gasteiger partial charge in [0.05, 0.1) is 18.1 Å². The topological polar surface area (TPSA) is 39.1 Å². The fourth-order valence-corrected chi connectivity index (χ4v) is 2.66. The van der Waals surface area contributed by atoms with Crippen molar-refractivity contribution < 1.29 is 4.74 Å². The Labute approximate surface area is 124 Å². The number of para-hydroxylation sites is 1. The Kier molecular flexibility index (Phi) is 3.52. The van der Waals surface area contributed by atoms with Gasteiger partial charge in [-0.2, -0.15) is 0 Å². The Bertz CT molecular complexity index is 777. The molecule has 0 bridgehead atoms. The molecule has 0 aliphatic rings. The van der Waals surface area contributed by atoms with Crippen LogP contribution in [-0.2, 0) is 6.54 Å². The number of nitrogens with one attached hydrogen (secondary N) is 1. The Morgan fingerprint density at radius 2 is 2.00 bits per heavy atom. The van der Waals surface area contributed by atoms with E-state index in [9.17, 15) is 0 Å². The second-order valence-corrected chi connectivity index (χ2v) is 4.83. The third kappa shape index (κ3) is 2.23. The number of hydrogen-bond donors (Lipinski definition) is 1. The third-order valence-electron chi connectivity index (χ3n) is 3.71. The van der Waals surface area contributed by atoms with E-state index in [2.05, 4.69) is 35.0 Å². The van der Waals surface area contributed by atoms with Gasteiger partial charge in [-0.1, -0.05) is 12.1 Å². The van der Waals surface area contributed by atoms with Crippen LogP contribution in [0.4, 0.5) is 5.69 Å². The molecule has 1 heterocycles. The number of hydrogen-bond acceptors (Lipinski definition) is 3. The minimum absolute atomic E-state index is 0.830. The summed E-state index contributed by atoms with van der Waals surface area (Å²) < 4.78 is 7.52. The lowest BCUT2D eigenvalue weighted by Crippen LogP contribution is -2.00. The molecule has 4 nitrogen and oxygen atoms in total. The summed E-state index contributed by atoms with van der Waals surface area (Å²) in [4.78, 5) is 4.81. The van der Waals surface area contributed by atoms with Crippen molar-refractivity contribution in [2.75, 3.05) is 19.5 Å². The Balaban J connectivity index is 2.26. The molecule has 0 fully saturated rings. The van der Waals surface area contributed by atoms with Crippen molar-refractivity contribution in [3.63, 3.8) is 0 Å². The number of anilines is 1. The Morgan fingerprint density at radius 3 is 2.71 bits per heavy atom. The SMILES string of the molecule is CCn1c(-c2ccccc2NC)nc2cc(OC)ccc21. The summed E-state index contributed by atoms with van der Waals surface area (Å²) in [6, 6.07) is 14.2. The molecule has 1 N–H and O–H groups in total. The molecule has 4 heteroatoms. The highest BCUT2D eigenvalue weighted by Gasteiger charge is 2.14. The van der Waals surface area contributed by atoms with Gasteiger partial charge in [-0.05, 0) is 31.2 Å². The van der Waals surface area contributed by atoms with Crippen LogP contribution in [0.15, 0.2) is 42.5 Å². The number of ether oxygens (including phenoxy) is 1. The minimum Gasteiger partial charge on any atom is -0.497 e. The smallest absolute Gasteiger partial charge is 0.143 e. The molecule has 0 aliphatic carbocycles. The average molecular weight is 281 g/mol. The zero-order chi connectivity index (χ0) is 14.8. The van der Waals surface area contributed by atoms with E-state index in [1.807, 2.05) is 31.3 Å². The summed E-state index contributed by atoms with van der Waals surface area (Å²) in [6.07, 6.45) is 0. The Hall–Kier alpha value is -2.49. The third-order valence-corrected chi connectivity index (χ3v) is 3.71. The number of imidazole rings is 1. The lowest BCUT2D eigenvalue weighted by Gasteiger charge is -2.10. The van der Waals surface area contributed by atoms with Crippen LogP contribution in [0.1, 0.15) is 6.92 Å². The zero-order valence-electron chi connectivity index (χ0n) is 12.6. The molecule has 0 unspecified atom stereocenters. The number of nitrogens with zero attached hydrogens (tertiary/aromatic N) is 2. The van der Waals surface area contributed by atoms with Gasteiger partial charge in [-0.25, -0.2) is 4.98 Å². The predicted octanol–water partition coefficient (Wildman–Crippen LogP) is 3.77. The first-order chi connectivity index (χ1) is 10.3. The average Bonchev–Trinajstić information content (AvgIpc) is 2.91. The summed E-state index contributed by atoms with van der Waals surface area (Å²) in [7, 11) is 3.61. The van der Waals surface area contributed by atoms with Gasteiger partial charge < -0.3 is 14.6 Å². The number of methoxy groups -OCH3 is 1. The number of rotatable bonds is 4. The van der Waals surface area contributed by atoms with Gasteiger partial charge in [-0.15, -0.1) is 0 Å². The number of benzene rings is 2. The van der Waals surface area contributed by atoms with Gasteiger partial charge >= 0.3 is 0 Å². The molecule has 21 heavy (non-hydrogen) atoms. The van der Waals surface area contributed by atoms with Crippen molar-refractivity contribution in [1.82, 2.24) is 9.55 Å². The molecule has 0 aliphatic heterocycles. The number of fused-ring (bicyclic) bond motifs is 1. The first kappa shape index (κ1) is 13.5. The second-order valence-electron chi connectivity index (χ2n) is 4.83. The van der Waals surface area contributed by atoms with E-state index < -0.39 is 0 Å². The highest BCUT2D eigenvalue weighted by atomic mass is 16.5. The van der Waals surface area contributed by atoms with Gasteiger partial charge in [0.15, 0.2) is 0 Å². The zero-order valence-corrected chi connectivity index (χ0v) is 12.6. The van der Waals surface area contributed by atoms with Gasteiger partial charge in [0.1, 0.15) is 11.6 Å². The van der Waals surface area contributed by atoms with E-state index in [0.717, 1.165) is 40.4 Å². The quantitative estimate of drug-likeness (QED) is 0.791. The molecule has 2 aromatic carbocycles. The van der Waals surface area contributed by atoms with E-state index >= 15 is 0 Å². The molecule has 108 valence electrons. The van der Waals surface area contributed by atoms with Crippen molar-refractivity contribution in [3.8, 4) is 17.1 Å². The summed E-state index contributed by atoms with van der Waals surface area (Å²) in [5.74, 6) is 1.81. The van der Waals surface area contributed by atoms with Gasteiger partial charge in [0.2, 0.25) is 0 Å². The highest BCUT2D eigenvalue weighted by Crippen LogP contribution is 2.31. The molecule has 3 rings (SSSR count). The van der Waals surface area contributed by atoms with Crippen LogP contribution in [0.25, 0.3) is 22.4 Å². The van der Waals surface area contributed by atoms with Crippen molar-refractivity contribution >= 4 is 16.7 Å². The van der Waals surface area contributed by atoms with Crippen LogP contribution >= 0.6 is 0 Å². The summed E-state index contributed by atoms with van der Waals surface area (Å²) in [5, 5.41) is 3.23. The highest BCUT2D eigenvalue weighted by molar-refractivity contribution is 5.85. The van der Waals surface area contributed by atoms with Crippen LogP contribution < -0.4 is 10.1 Å². The molecule has 0 saturated carbocycles. The van der Waals surface area contributed by atoms with Crippen molar-refractivity contribution in [2.24, 2.45) is 0 Å². The molecule has 0 saturated heterocycles. The molecule has 0 spiro atoms. The second kappa shape index (κ2) is 5.48. The van der Waals surface area contributed by atoms with Gasteiger partial charge in [0, 0.05) is 30.9 Å². The van der Waals surface area contributed by atoms with E-state index in [1.54, 1.807) is 7.11 Å². The van der Waals surface area contributed by atoms with E-state index in [1.165, 1.54) is 0 Å². The molecule has 0 amide bonds. The summed E-state index contributed by atoms with van der Waals surface area (Å²) >= 11 is 0. The van der Waals surface area contributed by atoms with Crippen molar-refractivity contribution in [2.45, 2.75) is 13.5 Å². The first-order valence-electron chi connectivity index (χ1n) is 7.10. The van der Waals surface area contributed by atoms with E-state index in [0.29, 0.717) is 0 Å². The largest absolute Gasteiger partial charge is 0.497 e. The number of aromatic nitrogens is 2. The molecule has 0 atom stereocenters. The normalized spacial score (nSPS) is 10.8. The summed E-state index contributed by atoms with van der Waals surface area (Å²) in [5.41, 5.74) is 4.27. The molecular weight excluding hydrogens is 262 g/mol. The monoisotopic (exact) mass is 281 g/mol. The maximum Gasteiger partial charge on any atom is 0.143 e. The van der Waals surface area contributed by atoms with Gasteiger partial charge in [0.25, 0.3) is 0 Å². The first-order valence-corrected chi connectivity index (χ1v) is 7.10. The minimum atomic E-state index is 0.830. The van der Waals surface area contributed by atoms with E-state index in [-0.39, 0.29) is 0 Å². The standard InChI is InChI=1S/C17H19N3O/c1-4-20-16-10-9-12(21-3)11-15(16)19-17(20)13-7-5-6-8-14(13)18-2/h5-11,18H,4H2,1-3H3. The molecule has 3 aromatic rings. The lowest BCUT2D eigenvalue weighted by molar-refractivity contribution is 0.415. The molecule has 1 aromatic heterocycles. The number of aryl methyl sites for hydroxylation is 1. The van der Waals surface area contributed by atoms with Crippen LogP contribution in [0, 0.1) is 0 Å². The Morgan fingerprint density at radius 1 is 1.19 bits per heavy atom. The van der Waals surface area contributed by atoms with Gasteiger partial charge in [-0.3, -0.25) is 0 Å². The van der Waals surface area contributed by atoms with Crippen LogP contribution in [-0.4, -0.2) is 23.7 Å². The van der Waals surface area contributed by atoms with Crippen LogP contribution in [0.3, 0.4) is 0 Å². The molecular formula is C17H19N3O.